The standard InChI is InChI=1S/C24H31NO4/c1-2-3-4-5-6-7-8-11-18-29-20-16-14-19(15-17-20)25-23(26)21-12-9-10-13-22(21)24(27)28/h9-10,12-17H,2-8,11,18H2,1H3,(H,25,26)(H,27,28). The average molecular weight is 398 g/mol. The van der Waals surface area contributed by atoms with Crippen LogP contribution < -0.4 is 10.1 Å². The van der Waals surface area contributed by atoms with Gasteiger partial charge in [0, 0.05) is 5.69 Å². The van der Waals surface area contributed by atoms with Crippen molar-refractivity contribution in [1.82, 2.24) is 0 Å². The van der Waals surface area contributed by atoms with Crippen molar-refractivity contribution in [3.63, 3.8) is 0 Å². The Morgan fingerprint density at radius 1 is 0.828 bits per heavy atom. The van der Waals surface area contributed by atoms with Crippen LogP contribution in [0.3, 0.4) is 0 Å². The van der Waals surface area contributed by atoms with Crippen molar-refractivity contribution < 1.29 is 19.4 Å². The monoisotopic (exact) mass is 397 g/mol. The molecule has 156 valence electrons. The van der Waals surface area contributed by atoms with Gasteiger partial charge in [0.15, 0.2) is 0 Å². The van der Waals surface area contributed by atoms with Gasteiger partial charge in [-0.05, 0) is 42.8 Å². The van der Waals surface area contributed by atoms with Crippen LogP contribution in [0.5, 0.6) is 5.75 Å². The molecule has 2 N–H and O–H groups in total. The van der Waals surface area contributed by atoms with Crippen LogP contribution in [0.4, 0.5) is 5.69 Å². The summed E-state index contributed by atoms with van der Waals surface area (Å²) in [5, 5.41) is 11.9. The van der Waals surface area contributed by atoms with Crippen molar-refractivity contribution >= 4 is 17.6 Å². The van der Waals surface area contributed by atoms with Gasteiger partial charge in [-0.2, -0.15) is 0 Å². The second-order valence-electron chi connectivity index (χ2n) is 7.15. The molecule has 0 saturated carbocycles. The van der Waals surface area contributed by atoms with Crippen LogP contribution in [0.15, 0.2) is 48.5 Å². The van der Waals surface area contributed by atoms with Gasteiger partial charge in [0.1, 0.15) is 5.75 Å². The van der Waals surface area contributed by atoms with Crippen molar-refractivity contribution in [2.75, 3.05) is 11.9 Å². The summed E-state index contributed by atoms with van der Waals surface area (Å²) in [6.45, 7) is 2.92. The van der Waals surface area contributed by atoms with Crippen LogP contribution in [0.1, 0.15) is 79.0 Å². The van der Waals surface area contributed by atoms with Crippen molar-refractivity contribution in [1.29, 1.82) is 0 Å². The minimum atomic E-state index is -1.12. The number of unbranched alkanes of at least 4 members (excludes halogenated alkanes) is 7. The molecular weight excluding hydrogens is 366 g/mol. The zero-order valence-electron chi connectivity index (χ0n) is 17.2. The highest BCUT2D eigenvalue weighted by Gasteiger charge is 2.15. The average Bonchev–Trinajstić information content (AvgIpc) is 2.73. The third-order valence-corrected chi connectivity index (χ3v) is 4.78. The third kappa shape index (κ3) is 7.98. The number of anilines is 1. The molecule has 0 bridgehead atoms. The van der Waals surface area contributed by atoms with E-state index in [9.17, 15) is 14.7 Å². The summed E-state index contributed by atoms with van der Waals surface area (Å²) < 4.78 is 5.76. The van der Waals surface area contributed by atoms with E-state index in [2.05, 4.69) is 12.2 Å². The van der Waals surface area contributed by atoms with Gasteiger partial charge in [-0.1, -0.05) is 64.0 Å². The highest BCUT2D eigenvalue weighted by atomic mass is 16.5. The van der Waals surface area contributed by atoms with Crippen LogP contribution >= 0.6 is 0 Å². The number of benzene rings is 2. The Morgan fingerprint density at radius 3 is 2.03 bits per heavy atom. The molecule has 29 heavy (non-hydrogen) atoms. The van der Waals surface area contributed by atoms with E-state index in [4.69, 9.17) is 4.74 Å². The van der Waals surface area contributed by atoms with E-state index in [-0.39, 0.29) is 11.1 Å². The first kappa shape index (κ1) is 22.5. The maximum Gasteiger partial charge on any atom is 0.336 e. The molecule has 0 aliphatic carbocycles. The lowest BCUT2D eigenvalue weighted by molar-refractivity contribution is 0.0692. The predicted octanol–water partition coefficient (Wildman–Crippen LogP) is 6.16. The molecule has 0 saturated heterocycles. The molecule has 0 radical (unpaired) electrons. The fourth-order valence-electron chi connectivity index (χ4n) is 3.13. The van der Waals surface area contributed by atoms with Gasteiger partial charge >= 0.3 is 5.97 Å². The first-order valence-electron chi connectivity index (χ1n) is 10.5. The highest BCUT2D eigenvalue weighted by molar-refractivity contribution is 6.10. The van der Waals surface area contributed by atoms with Gasteiger partial charge in [-0.15, -0.1) is 0 Å². The predicted molar refractivity (Wildman–Crippen MR) is 116 cm³/mol. The van der Waals surface area contributed by atoms with Crippen LogP contribution in [0.25, 0.3) is 0 Å². The Morgan fingerprint density at radius 2 is 1.41 bits per heavy atom. The number of carboxylic acid groups (broad SMARTS) is 1. The molecule has 5 nitrogen and oxygen atoms in total. The number of ether oxygens (including phenoxy) is 1. The fraction of sp³-hybridized carbons (Fsp3) is 0.417. The van der Waals surface area contributed by atoms with E-state index in [1.807, 2.05) is 12.1 Å². The Labute approximate surface area is 173 Å². The molecule has 0 atom stereocenters. The molecule has 2 rings (SSSR count). The van der Waals surface area contributed by atoms with Crippen LogP contribution in [-0.2, 0) is 0 Å². The number of rotatable bonds is 13. The quantitative estimate of drug-likeness (QED) is 0.397. The van der Waals surface area contributed by atoms with Crippen LogP contribution in [0, 0.1) is 0 Å². The van der Waals surface area contributed by atoms with E-state index < -0.39 is 11.9 Å². The fourth-order valence-corrected chi connectivity index (χ4v) is 3.13. The maximum atomic E-state index is 12.4. The number of amides is 1. The summed E-state index contributed by atoms with van der Waals surface area (Å²) in [5.41, 5.74) is 0.708. The van der Waals surface area contributed by atoms with Crippen LogP contribution in [0.2, 0.25) is 0 Å². The largest absolute Gasteiger partial charge is 0.494 e. The lowest BCUT2D eigenvalue weighted by Gasteiger charge is -2.09. The van der Waals surface area contributed by atoms with Gasteiger partial charge in [-0.3, -0.25) is 4.79 Å². The Bertz CT molecular complexity index is 771. The smallest absolute Gasteiger partial charge is 0.336 e. The second-order valence-corrected chi connectivity index (χ2v) is 7.15. The molecule has 0 fully saturated rings. The van der Waals surface area contributed by atoms with E-state index >= 15 is 0 Å². The Kier molecular flexibility index (Phi) is 9.76. The topological polar surface area (TPSA) is 75.6 Å². The molecule has 2 aromatic rings. The number of carboxylic acids is 1. The van der Waals surface area contributed by atoms with Gasteiger partial charge < -0.3 is 15.2 Å². The summed E-state index contributed by atoms with van der Waals surface area (Å²) >= 11 is 0. The Balaban J connectivity index is 1.72. The zero-order chi connectivity index (χ0) is 20.9. The molecule has 0 heterocycles. The van der Waals surface area contributed by atoms with Crippen molar-refractivity contribution in [3.05, 3.63) is 59.7 Å². The normalized spacial score (nSPS) is 10.5. The molecule has 0 aliphatic heterocycles. The number of carbonyl (C=O) groups is 2. The Hall–Kier alpha value is -2.82. The molecule has 0 spiro atoms. The van der Waals surface area contributed by atoms with E-state index in [1.165, 1.54) is 57.1 Å². The number of aromatic carboxylic acids is 1. The zero-order valence-corrected chi connectivity index (χ0v) is 17.2. The molecule has 2 aromatic carbocycles. The highest BCUT2D eigenvalue weighted by Crippen LogP contribution is 2.18. The summed E-state index contributed by atoms with van der Waals surface area (Å²) in [5.74, 6) is -0.812. The van der Waals surface area contributed by atoms with E-state index in [1.54, 1.807) is 24.3 Å². The molecule has 0 aliphatic rings. The number of hydrogen-bond donors (Lipinski definition) is 2. The van der Waals surface area contributed by atoms with E-state index in [0.717, 1.165) is 12.2 Å². The van der Waals surface area contributed by atoms with E-state index in [0.29, 0.717) is 12.3 Å². The first-order valence-corrected chi connectivity index (χ1v) is 10.5. The van der Waals surface area contributed by atoms with Crippen molar-refractivity contribution in [3.8, 4) is 5.75 Å². The van der Waals surface area contributed by atoms with Gasteiger partial charge in [-0.25, -0.2) is 4.79 Å². The van der Waals surface area contributed by atoms with Gasteiger partial charge in [0.05, 0.1) is 17.7 Å². The van der Waals surface area contributed by atoms with Crippen molar-refractivity contribution in [2.45, 2.75) is 58.3 Å². The third-order valence-electron chi connectivity index (χ3n) is 4.78. The van der Waals surface area contributed by atoms with Gasteiger partial charge in [0.25, 0.3) is 5.91 Å². The SMILES string of the molecule is CCCCCCCCCCOc1ccc(NC(=O)c2ccccc2C(=O)O)cc1. The number of nitrogens with one attached hydrogen (secondary N) is 1. The second kappa shape index (κ2) is 12.6. The lowest BCUT2D eigenvalue weighted by atomic mass is 10.1. The molecule has 1 amide bonds. The minimum Gasteiger partial charge on any atom is -0.494 e. The molecular formula is C24H31NO4. The first-order chi connectivity index (χ1) is 14.1. The van der Waals surface area contributed by atoms with Crippen LogP contribution in [-0.4, -0.2) is 23.6 Å². The maximum absolute atomic E-state index is 12.4. The summed E-state index contributed by atoms with van der Waals surface area (Å²) in [7, 11) is 0. The molecule has 0 unspecified atom stereocenters. The number of carbonyl (C=O) groups excluding carboxylic acids is 1. The summed E-state index contributed by atoms with van der Waals surface area (Å²) in [6, 6.07) is 13.3. The van der Waals surface area contributed by atoms with Gasteiger partial charge in [0.2, 0.25) is 0 Å². The molecule has 0 aromatic heterocycles. The summed E-state index contributed by atoms with van der Waals surface area (Å²) in [6.07, 6.45) is 10.1. The lowest BCUT2D eigenvalue weighted by Crippen LogP contribution is -2.16. The summed E-state index contributed by atoms with van der Waals surface area (Å²) in [4.78, 5) is 23.6. The molecule has 5 heteroatoms. The van der Waals surface area contributed by atoms with Crippen molar-refractivity contribution in [2.24, 2.45) is 0 Å². The number of hydrogen-bond acceptors (Lipinski definition) is 3. The minimum absolute atomic E-state index is 0.0182.